The first-order chi connectivity index (χ1) is 15.4. The van der Waals surface area contributed by atoms with Gasteiger partial charge in [0.1, 0.15) is 24.2 Å². The van der Waals surface area contributed by atoms with Gasteiger partial charge in [0.25, 0.3) is 0 Å². The van der Waals surface area contributed by atoms with Crippen molar-refractivity contribution in [1.29, 1.82) is 0 Å². The van der Waals surface area contributed by atoms with Gasteiger partial charge in [-0.1, -0.05) is 6.58 Å². The maximum absolute atomic E-state index is 13.2. The van der Waals surface area contributed by atoms with Gasteiger partial charge in [-0.3, -0.25) is 0 Å². The predicted molar refractivity (Wildman–Crippen MR) is 110 cm³/mol. The van der Waals surface area contributed by atoms with Crippen molar-refractivity contribution in [3.63, 3.8) is 0 Å². The third-order valence-corrected chi connectivity index (χ3v) is 4.04. The lowest BCUT2D eigenvalue weighted by Crippen LogP contribution is -2.23. The number of carbonyl (C=O) groups excluding carboxylic acids is 2. The molecule has 0 saturated carbocycles. The van der Waals surface area contributed by atoms with Crippen LogP contribution in [0, 0.1) is 11.6 Å². The molecule has 9 heteroatoms. The number of halogens is 2. The quantitative estimate of drug-likeness (QED) is 0.216. The molecule has 2 rings (SSSR count). The zero-order valence-electron chi connectivity index (χ0n) is 17.3. The van der Waals surface area contributed by atoms with Crippen molar-refractivity contribution in [2.45, 2.75) is 18.9 Å². The van der Waals surface area contributed by atoms with E-state index in [1.54, 1.807) is 12.1 Å². The summed E-state index contributed by atoms with van der Waals surface area (Å²) in [7, 11) is 0. The van der Waals surface area contributed by atoms with Crippen molar-refractivity contribution in [3.05, 3.63) is 72.3 Å². The molecule has 0 aliphatic rings. The van der Waals surface area contributed by atoms with E-state index >= 15 is 0 Å². The van der Waals surface area contributed by atoms with Gasteiger partial charge in [-0.15, -0.1) is 0 Å². The molecule has 32 heavy (non-hydrogen) atoms. The Kier molecular flexibility index (Phi) is 10.3. The van der Waals surface area contributed by atoms with Gasteiger partial charge in [0, 0.05) is 18.7 Å². The molecule has 0 aliphatic carbocycles. The summed E-state index contributed by atoms with van der Waals surface area (Å²) >= 11 is 0. The highest BCUT2D eigenvalue weighted by Crippen LogP contribution is 2.18. The Hall–Kier alpha value is -3.30. The Morgan fingerprint density at radius 2 is 1.66 bits per heavy atom. The molecule has 7 nitrogen and oxygen atoms in total. The van der Waals surface area contributed by atoms with Crippen LogP contribution in [0.1, 0.15) is 23.2 Å². The van der Waals surface area contributed by atoms with Crippen molar-refractivity contribution in [2.24, 2.45) is 0 Å². The fraction of sp³-hybridized carbons (Fsp3) is 0.304. The molecule has 0 spiro atoms. The number of rotatable bonds is 13. The predicted octanol–water partition coefficient (Wildman–Crippen LogP) is 3.45. The van der Waals surface area contributed by atoms with Gasteiger partial charge in [0.2, 0.25) is 0 Å². The molecule has 0 saturated heterocycles. The third kappa shape index (κ3) is 8.83. The minimum Gasteiger partial charge on any atom is -0.494 e. The second-order valence-electron chi connectivity index (χ2n) is 6.61. The Balaban J connectivity index is 1.61. The van der Waals surface area contributed by atoms with Gasteiger partial charge >= 0.3 is 11.9 Å². The number of carbonyl (C=O) groups is 2. The molecular formula is C23H24F2O7. The smallest absolute Gasteiger partial charge is 0.343 e. The van der Waals surface area contributed by atoms with Gasteiger partial charge in [0.05, 0.1) is 18.8 Å². The molecule has 0 bridgehead atoms. The first kappa shape index (κ1) is 25.0. The maximum atomic E-state index is 13.2. The molecule has 1 unspecified atom stereocenters. The SMILES string of the molecule is C=CC(=O)OCC(O)COCCCCOc1ccc(C(=O)Oc2ccc(F)c(F)c2)cc1. The van der Waals surface area contributed by atoms with Crippen molar-refractivity contribution in [1.82, 2.24) is 0 Å². The van der Waals surface area contributed by atoms with Crippen LogP contribution in [0.15, 0.2) is 55.1 Å². The minimum absolute atomic E-state index is 0.0490. The molecule has 0 amide bonds. The number of hydrogen-bond donors (Lipinski definition) is 1. The van der Waals surface area contributed by atoms with Gasteiger partial charge in [-0.25, -0.2) is 18.4 Å². The Morgan fingerprint density at radius 1 is 0.969 bits per heavy atom. The molecule has 172 valence electrons. The van der Waals surface area contributed by atoms with E-state index in [4.69, 9.17) is 18.9 Å². The van der Waals surface area contributed by atoms with E-state index in [1.165, 1.54) is 12.1 Å². The summed E-state index contributed by atoms with van der Waals surface area (Å²) in [5.74, 6) is -2.98. The molecule has 1 N–H and O–H groups in total. The number of hydrogen-bond acceptors (Lipinski definition) is 7. The zero-order chi connectivity index (χ0) is 23.3. The number of aliphatic hydroxyl groups is 1. The second-order valence-corrected chi connectivity index (χ2v) is 6.61. The molecule has 2 aromatic carbocycles. The van der Waals surface area contributed by atoms with Gasteiger partial charge in [0.15, 0.2) is 11.6 Å². The molecule has 0 aliphatic heterocycles. The lowest BCUT2D eigenvalue weighted by molar-refractivity contribution is -0.141. The summed E-state index contributed by atoms with van der Waals surface area (Å²) in [6.45, 7) is 3.98. The molecule has 0 heterocycles. The van der Waals surface area contributed by atoms with Gasteiger partial charge in [-0.2, -0.15) is 0 Å². The fourth-order valence-electron chi connectivity index (χ4n) is 2.39. The fourth-order valence-corrected chi connectivity index (χ4v) is 2.39. The average Bonchev–Trinajstić information content (AvgIpc) is 2.79. The Bertz CT molecular complexity index is 900. The lowest BCUT2D eigenvalue weighted by atomic mass is 10.2. The first-order valence-electron chi connectivity index (χ1n) is 9.84. The van der Waals surface area contributed by atoms with Gasteiger partial charge in [-0.05, 0) is 49.2 Å². The van der Waals surface area contributed by atoms with E-state index < -0.39 is 29.7 Å². The highest BCUT2D eigenvalue weighted by Gasteiger charge is 2.11. The van der Waals surface area contributed by atoms with Crippen molar-refractivity contribution in [3.8, 4) is 11.5 Å². The molecule has 0 radical (unpaired) electrons. The summed E-state index contributed by atoms with van der Waals surface area (Å²) in [6.07, 6.45) is 1.50. The maximum Gasteiger partial charge on any atom is 0.343 e. The summed E-state index contributed by atoms with van der Waals surface area (Å²) in [5, 5.41) is 9.59. The normalized spacial score (nSPS) is 11.5. The largest absolute Gasteiger partial charge is 0.494 e. The Labute approximate surface area is 184 Å². The molecule has 0 fully saturated rings. The minimum atomic E-state index is -1.10. The van der Waals surface area contributed by atoms with E-state index in [9.17, 15) is 23.5 Å². The van der Waals surface area contributed by atoms with E-state index in [-0.39, 0.29) is 24.5 Å². The van der Waals surface area contributed by atoms with Crippen LogP contribution in [0.25, 0.3) is 0 Å². The topological polar surface area (TPSA) is 91.3 Å². The standard InChI is InChI=1S/C23H24F2O7/c1-2-22(27)31-15-17(26)14-29-11-3-4-12-30-18-7-5-16(6-8-18)23(28)32-19-9-10-20(24)21(25)13-19/h2,5-10,13,17,26H,1,3-4,11-12,14-15H2. The summed E-state index contributed by atoms with van der Waals surface area (Å²) in [4.78, 5) is 23.0. The first-order valence-corrected chi connectivity index (χ1v) is 9.84. The number of benzene rings is 2. The van der Waals surface area contributed by atoms with E-state index in [1.807, 2.05) is 0 Å². The van der Waals surface area contributed by atoms with Crippen LogP contribution in [0.4, 0.5) is 8.78 Å². The number of ether oxygens (including phenoxy) is 4. The van der Waals surface area contributed by atoms with E-state index in [2.05, 4.69) is 6.58 Å². The van der Waals surface area contributed by atoms with Crippen molar-refractivity contribution >= 4 is 11.9 Å². The van der Waals surface area contributed by atoms with Crippen LogP contribution in [0.5, 0.6) is 11.5 Å². The average molecular weight is 450 g/mol. The van der Waals surface area contributed by atoms with Crippen LogP contribution >= 0.6 is 0 Å². The second kappa shape index (κ2) is 13.2. The van der Waals surface area contributed by atoms with Crippen LogP contribution in [-0.4, -0.2) is 49.6 Å². The highest BCUT2D eigenvalue weighted by atomic mass is 19.2. The summed E-state index contributed by atoms with van der Waals surface area (Å²) < 4.78 is 46.7. The highest BCUT2D eigenvalue weighted by molar-refractivity contribution is 5.91. The van der Waals surface area contributed by atoms with E-state index in [0.29, 0.717) is 31.8 Å². The van der Waals surface area contributed by atoms with Crippen molar-refractivity contribution < 1.29 is 42.4 Å². The van der Waals surface area contributed by atoms with Gasteiger partial charge < -0.3 is 24.1 Å². The van der Waals surface area contributed by atoms with Crippen LogP contribution in [-0.2, 0) is 14.3 Å². The van der Waals surface area contributed by atoms with Crippen molar-refractivity contribution in [2.75, 3.05) is 26.4 Å². The zero-order valence-corrected chi connectivity index (χ0v) is 17.3. The lowest BCUT2D eigenvalue weighted by Gasteiger charge is -2.11. The van der Waals surface area contributed by atoms with Crippen LogP contribution < -0.4 is 9.47 Å². The van der Waals surface area contributed by atoms with Crippen LogP contribution in [0.3, 0.4) is 0 Å². The number of unbranched alkanes of at least 4 members (excludes halogenated alkanes) is 1. The molecular weight excluding hydrogens is 426 g/mol. The summed E-state index contributed by atoms with van der Waals surface area (Å²) in [6, 6.07) is 9.03. The number of aliphatic hydroxyl groups excluding tert-OH is 1. The summed E-state index contributed by atoms with van der Waals surface area (Å²) in [5.41, 5.74) is 0.229. The van der Waals surface area contributed by atoms with Crippen LogP contribution in [0.2, 0.25) is 0 Å². The molecule has 2 aromatic rings. The Morgan fingerprint density at radius 3 is 2.34 bits per heavy atom. The molecule has 1 atom stereocenters. The monoisotopic (exact) mass is 450 g/mol. The molecule has 0 aromatic heterocycles. The number of esters is 2. The van der Waals surface area contributed by atoms with E-state index in [0.717, 1.165) is 24.3 Å². The third-order valence-electron chi connectivity index (χ3n) is 4.04.